The van der Waals surface area contributed by atoms with Crippen LogP contribution in [0.2, 0.25) is 5.02 Å². The molecule has 0 saturated carbocycles. The lowest BCUT2D eigenvalue weighted by atomic mass is 9.81. The molecule has 1 aromatic rings. The third-order valence-electron chi connectivity index (χ3n) is 4.15. The fraction of sp³-hybridized carbons (Fsp3) is 0.632. The van der Waals surface area contributed by atoms with Crippen molar-refractivity contribution >= 4 is 23.2 Å². The molecule has 0 aliphatic carbocycles. The van der Waals surface area contributed by atoms with E-state index in [1.807, 2.05) is 24.3 Å². The van der Waals surface area contributed by atoms with Gasteiger partial charge >= 0.3 is 0 Å². The number of carbonyl (C=O) groups excluding carboxylic acids is 1. The van der Waals surface area contributed by atoms with E-state index in [1.165, 1.54) is 0 Å². The van der Waals surface area contributed by atoms with Crippen molar-refractivity contribution in [3.63, 3.8) is 0 Å². The van der Waals surface area contributed by atoms with Gasteiger partial charge in [-0.25, -0.2) is 0 Å². The molecule has 0 bridgehead atoms. The molecule has 1 aromatic carbocycles. The Kier molecular flexibility index (Phi) is 5.30. The predicted molar refractivity (Wildman–Crippen MR) is 98.1 cm³/mol. The number of rotatable bonds is 4. The van der Waals surface area contributed by atoms with Gasteiger partial charge in [-0.05, 0) is 62.8 Å². The van der Waals surface area contributed by atoms with Crippen molar-refractivity contribution in [2.24, 2.45) is 5.41 Å². The van der Waals surface area contributed by atoms with E-state index < -0.39 is 0 Å². The van der Waals surface area contributed by atoms with E-state index in [1.54, 1.807) is 0 Å². The molecular formula is C19H29ClN2O. The van der Waals surface area contributed by atoms with Crippen molar-refractivity contribution in [3.05, 3.63) is 29.3 Å². The second-order valence-electron chi connectivity index (χ2n) is 8.44. The van der Waals surface area contributed by atoms with Crippen LogP contribution in [-0.4, -0.2) is 24.0 Å². The third kappa shape index (κ3) is 5.13. The SMILES string of the molecule is CC(C)(C)CC(C)(C)NC(=O)[C@@H]1CCCN1c1ccc(Cl)cc1. The van der Waals surface area contributed by atoms with E-state index in [0.717, 1.165) is 36.5 Å². The van der Waals surface area contributed by atoms with E-state index in [-0.39, 0.29) is 22.9 Å². The average molecular weight is 337 g/mol. The molecule has 1 N–H and O–H groups in total. The molecule has 0 spiro atoms. The van der Waals surface area contributed by atoms with Crippen molar-refractivity contribution in [2.45, 2.75) is 65.5 Å². The van der Waals surface area contributed by atoms with Crippen molar-refractivity contribution in [1.29, 1.82) is 0 Å². The van der Waals surface area contributed by atoms with E-state index in [4.69, 9.17) is 11.6 Å². The summed E-state index contributed by atoms with van der Waals surface area (Å²) in [6.07, 6.45) is 2.89. The predicted octanol–water partition coefficient (Wildman–Crippen LogP) is 4.64. The number of nitrogens with zero attached hydrogens (tertiary/aromatic N) is 1. The van der Waals surface area contributed by atoms with Crippen LogP contribution in [0.3, 0.4) is 0 Å². The highest BCUT2D eigenvalue weighted by Crippen LogP contribution is 2.29. The maximum atomic E-state index is 12.8. The number of amides is 1. The van der Waals surface area contributed by atoms with Crippen molar-refractivity contribution in [3.8, 4) is 0 Å². The summed E-state index contributed by atoms with van der Waals surface area (Å²) in [6.45, 7) is 11.7. The Balaban J connectivity index is 2.07. The molecule has 1 heterocycles. The van der Waals surface area contributed by atoms with Crippen molar-refractivity contribution in [1.82, 2.24) is 5.32 Å². The number of nitrogens with one attached hydrogen (secondary N) is 1. The van der Waals surface area contributed by atoms with Crippen LogP contribution in [0.1, 0.15) is 53.9 Å². The summed E-state index contributed by atoms with van der Waals surface area (Å²) in [5.74, 6) is 0.131. The van der Waals surface area contributed by atoms with Crippen molar-refractivity contribution in [2.75, 3.05) is 11.4 Å². The molecule has 1 atom stereocenters. The third-order valence-corrected chi connectivity index (χ3v) is 4.40. The molecule has 1 amide bonds. The Bertz CT molecular complexity index is 545. The topological polar surface area (TPSA) is 32.3 Å². The normalized spacial score (nSPS) is 19.0. The first-order valence-electron chi connectivity index (χ1n) is 8.42. The van der Waals surface area contributed by atoms with Crippen LogP contribution in [0.15, 0.2) is 24.3 Å². The number of hydrogen-bond acceptors (Lipinski definition) is 2. The number of hydrogen-bond donors (Lipinski definition) is 1. The van der Waals surface area contributed by atoms with Gasteiger partial charge in [0.1, 0.15) is 6.04 Å². The summed E-state index contributed by atoms with van der Waals surface area (Å²) in [5.41, 5.74) is 1.05. The summed E-state index contributed by atoms with van der Waals surface area (Å²) in [5, 5.41) is 3.98. The van der Waals surface area contributed by atoms with Gasteiger partial charge < -0.3 is 10.2 Å². The Morgan fingerprint density at radius 1 is 1.22 bits per heavy atom. The Morgan fingerprint density at radius 3 is 2.39 bits per heavy atom. The summed E-state index contributed by atoms with van der Waals surface area (Å²) in [6, 6.07) is 7.67. The van der Waals surface area contributed by atoms with Crippen molar-refractivity contribution < 1.29 is 4.79 Å². The first kappa shape index (κ1) is 18.1. The van der Waals surface area contributed by atoms with Crippen LogP contribution in [-0.2, 0) is 4.79 Å². The lowest BCUT2D eigenvalue weighted by molar-refractivity contribution is -0.124. The lowest BCUT2D eigenvalue weighted by Gasteiger charge is -2.35. The molecule has 128 valence electrons. The van der Waals surface area contributed by atoms with Crippen LogP contribution >= 0.6 is 11.6 Å². The van der Waals surface area contributed by atoms with Gasteiger partial charge in [0.2, 0.25) is 5.91 Å². The minimum absolute atomic E-state index is 0.0876. The molecule has 0 aromatic heterocycles. The fourth-order valence-electron chi connectivity index (χ4n) is 3.77. The molecule has 0 unspecified atom stereocenters. The number of benzene rings is 1. The van der Waals surface area contributed by atoms with Gasteiger partial charge in [0.25, 0.3) is 0 Å². The second-order valence-corrected chi connectivity index (χ2v) is 8.87. The minimum atomic E-state index is -0.205. The highest BCUT2D eigenvalue weighted by molar-refractivity contribution is 6.30. The van der Waals surface area contributed by atoms with Gasteiger partial charge in [-0.15, -0.1) is 0 Å². The highest BCUT2D eigenvalue weighted by atomic mass is 35.5. The molecule has 0 radical (unpaired) electrons. The molecule has 1 aliphatic heterocycles. The Hall–Kier alpha value is -1.22. The van der Waals surface area contributed by atoms with Gasteiger partial charge in [0.15, 0.2) is 0 Å². The lowest BCUT2D eigenvalue weighted by Crippen LogP contribution is -2.52. The van der Waals surface area contributed by atoms with Crippen LogP contribution < -0.4 is 10.2 Å². The number of carbonyl (C=O) groups is 1. The van der Waals surface area contributed by atoms with Gasteiger partial charge in [0, 0.05) is 22.8 Å². The largest absolute Gasteiger partial charge is 0.360 e. The summed E-state index contributed by atoms with van der Waals surface area (Å²) >= 11 is 5.97. The van der Waals surface area contributed by atoms with Gasteiger partial charge in [-0.1, -0.05) is 32.4 Å². The van der Waals surface area contributed by atoms with Crippen LogP contribution in [0.5, 0.6) is 0 Å². The Morgan fingerprint density at radius 2 is 1.83 bits per heavy atom. The van der Waals surface area contributed by atoms with E-state index in [0.29, 0.717) is 0 Å². The maximum Gasteiger partial charge on any atom is 0.243 e. The smallest absolute Gasteiger partial charge is 0.243 e. The van der Waals surface area contributed by atoms with Crippen LogP contribution in [0.25, 0.3) is 0 Å². The van der Waals surface area contributed by atoms with Gasteiger partial charge in [-0.2, -0.15) is 0 Å². The minimum Gasteiger partial charge on any atom is -0.360 e. The molecule has 2 rings (SSSR count). The monoisotopic (exact) mass is 336 g/mol. The molecule has 1 saturated heterocycles. The van der Waals surface area contributed by atoms with Gasteiger partial charge in [0.05, 0.1) is 0 Å². The number of anilines is 1. The summed E-state index contributed by atoms with van der Waals surface area (Å²) < 4.78 is 0. The van der Waals surface area contributed by atoms with E-state index >= 15 is 0 Å². The molecule has 1 aliphatic rings. The number of halogens is 1. The zero-order valence-electron chi connectivity index (χ0n) is 14.9. The highest BCUT2D eigenvalue weighted by Gasteiger charge is 2.35. The second kappa shape index (κ2) is 6.72. The van der Waals surface area contributed by atoms with E-state index in [2.05, 4.69) is 44.8 Å². The zero-order valence-corrected chi connectivity index (χ0v) is 15.7. The molecular weight excluding hydrogens is 308 g/mol. The quantitative estimate of drug-likeness (QED) is 0.868. The first-order chi connectivity index (χ1) is 10.6. The average Bonchev–Trinajstić information content (AvgIpc) is 2.85. The molecule has 4 heteroatoms. The summed E-state index contributed by atoms with van der Waals surface area (Å²) in [4.78, 5) is 15.0. The van der Waals surface area contributed by atoms with E-state index in [9.17, 15) is 4.79 Å². The summed E-state index contributed by atoms with van der Waals surface area (Å²) in [7, 11) is 0. The Labute approximate surface area is 145 Å². The van der Waals surface area contributed by atoms with Crippen LogP contribution in [0, 0.1) is 5.41 Å². The fourth-order valence-corrected chi connectivity index (χ4v) is 3.89. The van der Waals surface area contributed by atoms with Gasteiger partial charge in [-0.3, -0.25) is 4.79 Å². The zero-order chi connectivity index (χ0) is 17.3. The first-order valence-corrected chi connectivity index (χ1v) is 8.79. The standard InChI is InChI=1S/C19H29ClN2O/c1-18(2,3)13-19(4,5)21-17(23)16-7-6-12-22(16)15-10-8-14(20)9-11-15/h8-11,16H,6-7,12-13H2,1-5H3,(H,21,23)/t16-/m0/s1. The molecule has 23 heavy (non-hydrogen) atoms. The van der Waals surface area contributed by atoms with Crippen LogP contribution in [0.4, 0.5) is 5.69 Å². The molecule has 3 nitrogen and oxygen atoms in total. The maximum absolute atomic E-state index is 12.8. The molecule has 1 fully saturated rings.